The minimum atomic E-state index is -0.995. The summed E-state index contributed by atoms with van der Waals surface area (Å²) in [5, 5.41) is 10.6. The normalized spacial score (nSPS) is 10.5. The van der Waals surface area contributed by atoms with E-state index in [1.54, 1.807) is 0 Å². The minimum absolute atomic E-state index is 0.135. The number of esters is 1. The van der Waals surface area contributed by atoms with Crippen LogP contribution in [0.15, 0.2) is 12.2 Å². The van der Waals surface area contributed by atoms with Gasteiger partial charge in [-0.2, -0.15) is 0 Å². The highest BCUT2D eigenvalue weighted by Gasteiger charge is 1.98. The highest BCUT2D eigenvalue weighted by molar-refractivity contribution is 5.68. The first-order chi connectivity index (χ1) is 8.66. The molecule has 0 fully saturated rings. The first kappa shape index (κ1) is 16.5. The van der Waals surface area contributed by atoms with E-state index >= 15 is 0 Å². The topological polar surface area (TPSA) is 75.6 Å². The second kappa shape index (κ2) is 12.0. The number of ether oxygens (including phenoxy) is 1. The van der Waals surface area contributed by atoms with Gasteiger partial charge in [-0.15, -0.1) is 0 Å². The van der Waals surface area contributed by atoms with Gasteiger partial charge < -0.3 is 15.2 Å². The number of carbonyl (C=O) groups is 2. The SMILES string of the molecule is COC(=O)CCCCCCC/C=C/CNC(=O)O. The van der Waals surface area contributed by atoms with Crippen LogP contribution in [-0.2, 0) is 9.53 Å². The summed E-state index contributed by atoms with van der Waals surface area (Å²) in [5.41, 5.74) is 0. The van der Waals surface area contributed by atoms with Gasteiger partial charge in [-0.05, 0) is 19.3 Å². The molecule has 0 aromatic rings. The summed E-state index contributed by atoms with van der Waals surface area (Å²) in [6, 6.07) is 0. The van der Waals surface area contributed by atoms with E-state index < -0.39 is 6.09 Å². The molecule has 1 amide bonds. The molecule has 0 atom stereocenters. The van der Waals surface area contributed by atoms with Gasteiger partial charge >= 0.3 is 12.1 Å². The molecule has 0 rings (SSSR count). The van der Waals surface area contributed by atoms with Gasteiger partial charge in [0, 0.05) is 13.0 Å². The smallest absolute Gasteiger partial charge is 0.404 e. The molecule has 0 saturated carbocycles. The van der Waals surface area contributed by atoms with Gasteiger partial charge in [0.25, 0.3) is 0 Å². The molecular weight excluding hydrogens is 234 g/mol. The second-order valence-electron chi connectivity index (χ2n) is 4.04. The largest absolute Gasteiger partial charge is 0.469 e. The van der Waals surface area contributed by atoms with Crippen LogP contribution in [-0.4, -0.2) is 30.8 Å². The first-order valence-electron chi connectivity index (χ1n) is 6.35. The quantitative estimate of drug-likeness (QED) is 0.358. The summed E-state index contributed by atoms with van der Waals surface area (Å²) < 4.78 is 4.55. The lowest BCUT2D eigenvalue weighted by Gasteiger charge is -2.00. The first-order valence-corrected chi connectivity index (χ1v) is 6.35. The molecule has 0 bridgehead atoms. The lowest BCUT2D eigenvalue weighted by atomic mass is 10.1. The standard InChI is InChI=1S/C13H23NO4/c1-18-12(15)10-8-6-4-2-3-5-7-9-11-14-13(16)17/h7,9,14H,2-6,8,10-11H2,1H3,(H,16,17)/b9-7+. The van der Waals surface area contributed by atoms with Gasteiger partial charge in [0.05, 0.1) is 7.11 Å². The number of unbranched alkanes of at least 4 members (excludes halogenated alkanes) is 5. The number of rotatable bonds is 10. The lowest BCUT2D eigenvalue weighted by molar-refractivity contribution is -0.140. The molecule has 5 heteroatoms. The lowest BCUT2D eigenvalue weighted by Crippen LogP contribution is -2.20. The van der Waals surface area contributed by atoms with Crippen molar-refractivity contribution in [2.45, 2.75) is 44.9 Å². The number of nitrogens with one attached hydrogen (secondary N) is 1. The fourth-order valence-corrected chi connectivity index (χ4v) is 1.51. The summed E-state index contributed by atoms with van der Waals surface area (Å²) in [7, 11) is 1.41. The molecule has 0 aliphatic carbocycles. The fraction of sp³-hybridized carbons (Fsp3) is 0.692. The third kappa shape index (κ3) is 12.5. The summed E-state index contributed by atoms with van der Waals surface area (Å²) in [6.07, 6.45) is 9.61. The van der Waals surface area contributed by atoms with Crippen molar-refractivity contribution in [3.63, 3.8) is 0 Å². The number of carbonyl (C=O) groups excluding carboxylic acids is 1. The highest BCUT2D eigenvalue weighted by Crippen LogP contribution is 2.07. The van der Waals surface area contributed by atoms with Crippen molar-refractivity contribution in [1.29, 1.82) is 0 Å². The van der Waals surface area contributed by atoms with Crippen LogP contribution >= 0.6 is 0 Å². The van der Waals surface area contributed by atoms with E-state index in [-0.39, 0.29) is 5.97 Å². The van der Waals surface area contributed by atoms with Gasteiger partial charge in [0.2, 0.25) is 0 Å². The number of methoxy groups -OCH3 is 1. The molecule has 0 aromatic heterocycles. The average molecular weight is 257 g/mol. The van der Waals surface area contributed by atoms with E-state index in [9.17, 15) is 9.59 Å². The third-order valence-corrected chi connectivity index (χ3v) is 2.52. The van der Waals surface area contributed by atoms with Crippen LogP contribution < -0.4 is 5.32 Å². The summed E-state index contributed by atoms with van der Waals surface area (Å²) in [6.45, 7) is 0.370. The van der Waals surface area contributed by atoms with Crippen LogP contribution in [0.1, 0.15) is 44.9 Å². The third-order valence-electron chi connectivity index (χ3n) is 2.52. The van der Waals surface area contributed by atoms with Crippen LogP contribution in [0.25, 0.3) is 0 Å². The van der Waals surface area contributed by atoms with Gasteiger partial charge in [-0.1, -0.05) is 31.4 Å². The minimum Gasteiger partial charge on any atom is -0.469 e. The van der Waals surface area contributed by atoms with Gasteiger partial charge in [0.15, 0.2) is 0 Å². The molecule has 0 spiro atoms. The molecule has 2 N–H and O–H groups in total. The van der Waals surface area contributed by atoms with Crippen LogP contribution in [0.5, 0.6) is 0 Å². The van der Waals surface area contributed by atoms with E-state index in [0.29, 0.717) is 13.0 Å². The average Bonchev–Trinajstić information content (AvgIpc) is 2.35. The number of amides is 1. The molecule has 104 valence electrons. The molecule has 0 aliphatic heterocycles. The molecule has 0 radical (unpaired) electrons. The number of carboxylic acid groups (broad SMARTS) is 1. The number of hydrogen-bond donors (Lipinski definition) is 2. The van der Waals surface area contributed by atoms with Crippen molar-refractivity contribution in [3.05, 3.63) is 12.2 Å². The Morgan fingerprint density at radius 2 is 1.78 bits per heavy atom. The molecule has 0 heterocycles. The molecule has 0 aliphatic rings. The summed E-state index contributed by atoms with van der Waals surface area (Å²) in [5.74, 6) is -0.135. The Morgan fingerprint density at radius 3 is 2.44 bits per heavy atom. The van der Waals surface area contributed by atoms with Gasteiger partial charge in [0.1, 0.15) is 0 Å². The van der Waals surface area contributed by atoms with Crippen molar-refractivity contribution >= 4 is 12.1 Å². The van der Waals surface area contributed by atoms with Crippen LogP contribution in [0.4, 0.5) is 4.79 Å². The van der Waals surface area contributed by atoms with E-state index in [2.05, 4.69) is 10.1 Å². The number of hydrogen-bond acceptors (Lipinski definition) is 3. The van der Waals surface area contributed by atoms with Crippen molar-refractivity contribution < 1.29 is 19.4 Å². The van der Waals surface area contributed by atoms with E-state index in [1.165, 1.54) is 7.11 Å². The Labute approximate surface area is 108 Å². The predicted molar refractivity (Wildman–Crippen MR) is 69.5 cm³/mol. The van der Waals surface area contributed by atoms with E-state index in [0.717, 1.165) is 38.5 Å². The maximum Gasteiger partial charge on any atom is 0.404 e. The van der Waals surface area contributed by atoms with Crippen molar-refractivity contribution in [2.75, 3.05) is 13.7 Å². The van der Waals surface area contributed by atoms with Crippen LogP contribution in [0, 0.1) is 0 Å². The van der Waals surface area contributed by atoms with Crippen molar-refractivity contribution in [3.8, 4) is 0 Å². The Balaban J connectivity index is 3.16. The zero-order chi connectivity index (χ0) is 13.6. The molecule has 5 nitrogen and oxygen atoms in total. The molecule has 18 heavy (non-hydrogen) atoms. The Bertz CT molecular complexity index is 264. The highest BCUT2D eigenvalue weighted by atomic mass is 16.5. The predicted octanol–water partition coefficient (Wildman–Crippen LogP) is 2.71. The molecular formula is C13H23NO4. The van der Waals surface area contributed by atoms with E-state index in [4.69, 9.17) is 5.11 Å². The van der Waals surface area contributed by atoms with Gasteiger partial charge in [-0.3, -0.25) is 4.79 Å². The Kier molecular flexibility index (Phi) is 10.9. The van der Waals surface area contributed by atoms with Crippen molar-refractivity contribution in [1.82, 2.24) is 5.32 Å². The summed E-state index contributed by atoms with van der Waals surface area (Å²) >= 11 is 0. The zero-order valence-electron chi connectivity index (χ0n) is 11.0. The second-order valence-corrected chi connectivity index (χ2v) is 4.04. The Morgan fingerprint density at radius 1 is 1.11 bits per heavy atom. The van der Waals surface area contributed by atoms with Gasteiger partial charge in [-0.25, -0.2) is 4.79 Å². The zero-order valence-corrected chi connectivity index (χ0v) is 11.0. The monoisotopic (exact) mass is 257 g/mol. The van der Waals surface area contributed by atoms with Crippen LogP contribution in [0.2, 0.25) is 0 Å². The Hall–Kier alpha value is -1.52. The maximum absolute atomic E-state index is 10.8. The number of allylic oxidation sites excluding steroid dienone is 1. The van der Waals surface area contributed by atoms with Crippen molar-refractivity contribution in [2.24, 2.45) is 0 Å². The molecule has 0 unspecified atom stereocenters. The summed E-state index contributed by atoms with van der Waals surface area (Å²) in [4.78, 5) is 20.9. The molecule has 0 saturated heterocycles. The van der Waals surface area contributed by atoms with Crippen LogP contribution in [0.3, 0.4) is 0 Å². The fourth-order valence-electron chi connectivity index (χ4n) is 1.51. The maximum atomic E-state index is 10.8. The molecule has 0 aromatic carbocycles. The van der Waals surface area contributed by atoms with E-state index in [1.807, 2.05) is 12.2 Å².